The highest BCUT2D eigenvalue weighted by molar-refractivity contribution is 7.89. The van der Waals surface area contributed by atoms with E-state index in [1.54, 1.807) is 19.1 Å². The fourth-order valence-corrected chi connectivity index (χ4v) is 4.87. The van der Waals surface area contributed by atoms with Gasteiger partial charge in [-0.1, -0.05) is 18.9 Å². The van der Waals surface area contributed by atoms with Crippen LogP contribution in [0.4, 0.5) is 0 Å². The highest BCUT2D eigenvalue weighted by Gasteiger charge is 2.37. The molecule has 2 aliphatic rings. The molecule has 1 aromatic rings. The largest absolute Gasteiger partial charge is 0.374 e. The highest BCUT2D eigenvalue weighted by Crippen LogP contribution is 2.30. The SMILES string of the molecule is Cc1ccc(C(=O)N2CCOC3CCCCC32)cc1S(=O)(=O)N(C)C. The molecule has 0 aromatic heterocycles. The number of ether oxygens (including phenoxy) is 1. The Bertz CT molecular complexity index is 758. The monoisotopic (exact) mass is 366 g/mol. The minimum Gasteiger partial charge on any atom is -0.374 e. The van der Waals surface area contributed by atoms with Crippen LogP contribution in [0.25, 0.3) is 0 Å². The quantitative estimate of drug-likeness (QED) is 0.821. The number of carbonyl (C=O) groups excluding carboxylic acids is 1. The molecule has 0 N–H and O–H groups in total. The van der Waals surface area contributed by atoms with E-state index in [1.807, 2.05) is 4.90 Å². The molecular weight excluding hydrogens is 340 g/mol. The number of hydrogen-bond donors (Lipinski definition) is 0. The molecule has 1 aliphatic carbocycles. The van der Waals surface area contributed by atoms with Gasteiger partial charge in [0.15, 0.2) is 0 Å². The lowest BCUT2D eigenvalue weighted by molar-refractivity contribution is -0.0752. The number of rotatable bonds is 3. The van der Waals surface area contributed by atoms with Gasteiger partial charge < -0.3 is 9.64 Å². The van der Waals surface area contributed by atoms with Gasteiger partial charge in [-0.2, -0.15) is 0 Å². The molecule has 6 nitrogen and oxygen atoms in total. The maximum Gasteiger partial charge on any atom is 0.254 e. The minimum absolute atomic E-state index is 0.101. The van der Waals surface area contributed by atoms with Gasteiger partial charge in [0.05, 0.1) is 23.6 Å². The maximum absolute atomic E-state index is 13.1. The summed E-state index contributed by atoms with van der Waals surface area (Å²) in [5, 5.41) is 0. The summed E-state index contributed by atoms with van der Waals surface area (Å²) in [6.45, 7) is 2.85. The van der Waals surface area contributed by atoms with Crippen molar-refractivity contribution >= 4 is 15.9 Å². The van der Waals surface area contributed by atoms with Crippen molar-refractivity contribution in [2.24, 2.45) is 0 Å². The fourth-order valence-electron chi connectivity index (χ4n) is 3.72. The standard InChI is InChI=1S/C18H26N2O4S/c1-13-8-9-14(12-17(13)25(22,23)19(2)3)18(21)20-10-11-24-16-7-5-4-6-15(16)20/h8-9,12,15-16H,4-7,10-11H2,1-3H3. The molecule has 3 rings (SSSR count). The third kappa shape index (κ3) is 3.45. The summed E-state index contributed by atoms with van der Waals surface area (Å²) in [5.74, 6) is -0.101. The van der Waals surface area contributed by atoms with Gasteiger partial charge in [-0.15, -0.1) is 0 Å². The molecule has 1 saturated carbocycles. The molecule has 1 saturated heterocycles. The highest BCUT2D eigenvalue weighted by atomic mass is 32.2. The predicted molar refractivity (Wildman–Crippen MR) is 95.1 cm³/mol. The van der Waals surface area contributed by atoms with Crippen molar-refractivity contribution < 1.29 is 17.9 Å². The van der Waals surface area contributed by atoms with E-state index < -0.39 is 10.0 Å². The van der Waals surface area contributed by atoms with Crippen LogP contribution in [-0.2, 0) is 14.8 Å². The van der Waals surface area contributed by atoms with E-state index in [0.717, 1.165) is 25.7 Å². The van der Waals surface area contributed by atoms with Crippen LogP contribution in [0.5, 0.6) is 0 Å². The average molecular weight is 366 g/mol. The van der Waals surface area contributed by atoms with Gasteiger partial charge in [-0.25, -0.2) is 12.7 Å². The summed E-state index contributed by atoms with van der Waals surface area (Å²) in [6.07, 6.45) is 4.29. The van der Waals surface area contributed by atoms with Crippen molar-refractivity contribution in [3.8, 4) is 0 Å². The zero-order valence-electron chi connectivity index (χ0n) is 15.1. The Hall–Kier alpha value is -1.44. The first-order valence-electron chi connectivity index (χ1n) is 8.78. The topological polar surface area (TPSA) is 66.9 Å². The van der Waals surface area contributed by atoms with E-state index in [1.165, 1.54) is 24.5 Å². The second-order valence-corrected chi connectivity index (χ2v) is 9.15. The number of morpholine rings is 1. The summed E-state index contributed by atoms with van der Waals surface area (Å²) < 4.78 is 32.0. The first-order chi connectivity index (χ1) is 11.8. The third-order valence-electron chi connectivity index (χ3n) is 5.19. The predicted octanol–water partition coefficient (Wildman–Crippen LogP) is 2.03. The summed E-state index contributed by atoms with van der Waals surface area (Å²) >= 11 is 0. The Kier molecular flexibility index (Phi) is 5.18. The molecule has 0 radical (unpaired) electrons. The number of aryl methyl sites for hydroxylation is 1. The molecular formula is C18H26N2O4S. The molecule has 1 aromatic carbocycles. The van der Waals surface area contributed by atoms with Crippen molar-refractivity contribution in [2.75, 3.05) is 27.2 Å². The van der Waals surface area contributed by atoms with Gasteiger partial charge in [0, 0.05) is 26.2 Å². The van der Waals surface area contributed by atoms with Crippen LogP contribution in [0, 0.1) is 6.92 Å². The number of fused-ring (bicyclic) bond motifs is 1. The number of hydrogen-bond acceptors (Lipinski definition) is 4. The number of sulfonamides is 1. The van der Waals surface area contributed by atoms with E-state index in [0.29, 0.717) is 24.3 Å². The Morgan fingerprint density at radius 3 is 2.68 bits per heavy atom. The van der Waals surface area contributed by atoms with E-state index in [4.69, 9.17) is 4.74 Å². The smallest absolute Gasteiger partial charge is 0.254 e. The Morgan fingerprint density at radius 1 is 1.24 bits per heavy atom. The van der Waals surface area contributed by atoms with E-state index in [9.17, 15) is 13.2 Å². The molecule has 1 heterocycles. The average Bonchev–Trinajstić information content (AvgIpc) is 2.60. The van der Waals surface area contributed by atoms with Gasteiger partial charge in [-0.05, 0) is 37.5 Å². The molecule has 2 unspecified atom stereocenters. The van der Waals surface area contributed by atoms with E-state index in [-0.39, 0.29) is 22.9 Å². The van der Waals surface area contributed by atoms with Crippen LogP contribution in [0.3, 0.4) is 0 Å². The number of carbonyl (C=O) groups is 1. The van der Waals surface area contributed by atoms with Gasteiger partial charge >= 0.3 is 0 Å². The molecule has 1 amide bonds. The molecule has 2 atom stereocenters. The molecule has 1 aliphatic heterocycles. The lowest BCUT2D eigenvalue weighted by Gasteiger charge is -2.43. The van der Waals surface area contributed by atoms with E-state index in [2.05, 4.69) is 0 Å². The van der Waals surface area contributed by atoms with Gasteiger partial charge in [0.25, 0.3) is 5.91 Å². The van der Waals surface area contributed by atoms with Crippen LogP contribution in [0.1, 0.15) is 41.6 Å². The Labute approximate surface area is 149 Å². The summed E-state index contributed by atoms with van der Waals surface area (Å²) in [6, 6.07) is 5.05. The number of amides is 1. The lowest BCUT2D eigenvalue weighted by Crippen LogP contribution is -2.54. The van der Waals surface area contributed by atoms with Crippen molar-refractivity contribution in [1.82, 2.24) is 9.21 Å². The van der Waals surface area contributed by atoms with Gasteiger partial charge in [0.1, 0.15) is 0 Å². The Balaban J connectivity index is 1.92. The minimum atomic E-state index is -3.58. The van der Waals surface area contributed by atoms with Gasteiger partial charge in [0.2, 0.25) is 10.0 Å². The fraction of sp³-hybridized carbons (Fsp3) is 0.611. The van der Waals surface area contributed by atoms with Gasteiger partial charge in [-0.3, -0.25) is 4.79 Å². The summed E-state index contributed by atoms with van der Waals surface area (Å²) in [5.41, 5.74) is 1.07. The number of nitrogens with zero attached hydrogens (tertiary/aromatic N) is 2. The first-order valence-corrected chi connectivity index (χ1v) is 10.2. The van der Waals surface area contributed by atoms with Crippen LogP contribution in [0.2, 0.25) is 0 Å². The maximum atomic E-state index is 13.1. The molecule has 138 valence electrons. The van der Waals surface area contributed by atoms with Crippen molar-refractivity contribution in [3.05, 3.63) is 29.3 Å². The van der Waals surface area contributed by atoms with E-state index >= 15 is 0 Å². The third-order valence-corrected chi connectivity index (χ3v) is 7.14. The van der Waals surface area contributed by atoms with Crippen LogP contribution >= 0.6 is 0 Å². The van der Waals surface area contributed by atoms with Crippen LogP contribution < -0.4 is 0 Å². The second kappa shape index (κ2) is 7.05. The first kappa shape index (κ1) is 18.4. The van der Waals surface area contributed by atoms with Crippen molar-refractivity contribution in [1.29, 1.82) is 0 Å². The normalized spacial score (nSPS) is 24.2. The summed E-state index contributed by atoms with van der Waals surface area (Å²) in [7, 11) is -0.584. The summed E-state index contributed by atoms with van der Waals surface area (Å²) in [4.78, 5) is 15.1. The second-order valence-electron chi connectivity index (χ2n) is 7.03. The van der Waals surface area contributed by atoms with Crippen LogP contribution in [-0.4, -0.2) is 62.9 Å². The van der Waals surface area contributed by atoms with Crippen molar-refractivity contribution in [3.63, 3.8) is 0 Å². The lowest BCUT2D eigenvalue weighted by atomic mass is 9.89. The molecule has 0 bridgehead atoms. The Morgan fingerprint density at radius 2 is 1.96 bits per heavy atom. The molecule has 25 heavy (non-hydrogen) atoms. The molecule has 2 fully saturated rings. The zero-order valence-corrected chi connectivity index (χ0v) is 15.9. The molecule has 7 heteroatoms. The number of benzene rings is 1. The zero-order chi connectivity index (χ0) is 18.2. The van der Waals surface area contributed by atoms with Crippen molar-refractivity contribution in [2.45, 2.75) is 49.6 Å². The van der Waals surface area contributed by atoms with Crippen LogP contribution in [0.15, 0.2) is 23.1 Å². The molecule has 0 spiro atoms.